The first-order valence-corrected chi connectivity index (χ1v) is 12.2. The highest BCUT2D eigenvalue weighted by atomic mass is 19.4. The first-order chi connectivity index (χ1) is 19.4. The minimum Gasteiger partial charge on any atom is -0.251 e. The quantitative estimate of drug-likeness (QED) is 0.152. The summed E-state index contributed by atoms with van der Waals surface area (Å²) in [4.78, 5) is 9.15. The number of hydrogen-bond acceptors (Lipinski definition) is 2. The van der Waals surface area contributed by atoms with Crippen molar-refractivity contribution in [2.75, 3.05) is 0 Å². The predicted molar refractivity (Wildman–Crippen MR) is 137 cm³/mol. The van der Waals surface area contributed by atoms with Crippen LogP contribution in [0, 0.1) is 13.8 Å². The summed E-state index contributed by atoms with van der Waals surface area (Å²) in [5.41, 5.74) is 0.975. The standard InChI is InChI=1S/C30H18F10N2/c1-15-13-23(17-3-7-19(8-4-17)27(31,32)29(35,36)37)21-11-12-22-24(14-16(2)42-26(22)25(21)41-15)18-5-9-20(10-6-18)28(33,34)30(38,39)40/h3-14H,1-2H3. The molecular formula is C30H18F10N2. The third-order valence-electron chi connectivity index (χ3n) is 6.84. The van der Waals surface area contributed by atoms with Crippen molar-refractivity contribution >= 4 is 21.8 Å². The fourth-order valence-electron chi connectivity index (χ4n) is 4.75. The Kier molecular flexibility index (Phi) is 6.74. The number of aromatic nitrogens is 2. The number of fused-ring (bicyclic) bond motifs is 3. The van der Waals surface area contributed by atoms with Gasteiger partial charge in [0.1, 0.15) is 0 Å². The molecule has 0 aliphatic carbocycles. The van der Waals surface area contributed by atoms with Crippen molar-refractivity contribution in [1.29, 1.82) is 0 Å². The van der Waals surface area contributed by atoms with E-state index in [2.05, 4.69) is 9.97 Å². The average Bonchev–Trinajstić information content (AvgIpc) is 2.91. The second-order valence-corrected chi connectivity index (χ2v) is 9.78. The summed E-state index contributed by atoms with van der Waals surface area (Å²) in [6.45, 7) is 3.31. The highest BCUT2D eigenvalue weighted by molar-refractivity contribution is 6.12. The van der Waals surface area contributed by atoms with Crippen molar-refractivity contribution in [2.45, 2.75) is 38.0 Å². The molecule has 0 bridgehead atoms. The largest absolute Gasteiger partial charge is 0.458 e. The summed E-state index contributed by atoms with van der Waals surface area (Å²) >= 11 is 0. The minimum atomic E-state index is -5.76. The van der Waals surface area contributed by atoms with Crippen LogP contribution in [0.3, 0.4) is 0 Å². The van der Waals surface area contributed by atoms with Crippen molar-refractivity contribution in [1.82, 2.24) is 9.97 Å². The molecule has 2 heterocycles. The fourth-order valence-corrected chi connectivity index (χ4v) is 4.75. The van der Waals surface area contributed by atoms with Gasteiger partial charge < -0.3 is 0 Å². The van der Waals surface area contributed by atoms with E-state index in [9.17, 15) is 43.9 Å². The number of halogens is 10. The highest BCUT2D eigenvalue weighted by Crippen LogP contribution is 2.46. The molecular weight excluding hydrogens is 578 g/mol. The first kappa shape index (κ1) is 29.3. The van der Waals surface area contributed by atoms with E-state index >= 15 is 0 Å². The van der Waals surface area contributed by atoms with Gasteiger partial charge in [0.05, 0.1) is 11.0 Å². The topological polar surface area (TPSA) is 25.8 Å². The maximum absolute atomic E-state index is 13.8. The predicted octanol–water partition coefficient (Wildman–Crippen LogP) is 10.0. The maximum Gasteiger partial charge on any atom is 0.458 e. The third kappa shape index (κ3) is 4.82. The zero-order valence-electron chi connectivity index (χ0n) is 21.6. The number of benzene rings is 3. The Balaban J connectivity index is 1.65. The van der Waals surface area contributed by atoms with Gasteiger partial charge in [-0.05, 0) is 48.2 Å². The molecule has 0 aliphatic heterocycles. The molecule has 42 heavy (non-hydrogen) atoms. The van der Waals surface area contributed by atoms with Crippen LogP contribution < -0.4 is 0 Å². The third-order valence-corrected chi connectivity index (χ3v) is 6.84. The van der Waals surface area contributed by atoms with Crippen LogP contribution in [0.25, 0.3) is 44.1 Å². The van der Waals surface area contributed by atoms with Crippen LogP contribution in [0.5, 0.6) is 0 Å². The molecule has 0 atom stereocenters. The van der Waals surface area contributed by atoms with E-state index in [4.69, 9.17) is 0 Å². The lowest BCUT2D eigenvalue weighted by atomic mass is 9.94. The van der Waals surface area contributed by atoms with Gasteiger partial charge in [-0.1, -0.05) is 60.7 Å². The second-order valence-electron chi connectivity index (χ2n) is 9.78. The molecule has 2 aromatic heterocycles. The Hall–Kier alpha value is -4.22. The van der Waals surface area contributed by atoms with Crippen LogP contribution >= 0.6 is 0 Å². The van der Waals surface area contributed by atoms with Gasteiger partial charge in [-0.15, -0.1) is 0 Å². The number of hydrogen-bond donors (Lipinski definition) is 0. The lowest BCUT2D eigenvalue weighted by Crippen LogP contribution is -2.33. The van der Waals surface area contributed by atoms with Gasteiger partial charge in [-0.3, -0.25) is 9.97 Å². The van der Waals surface area contributed by atoms with Crippen LogP contribution in [-0.2, 0) is 11.8 Å². The molecule has 218 valence electrons. The molecule has 0 saturated heterocycles. The van der Waals surface area contributed by atoms with Crippen molar-refractivity contribution in [3.63, 3.8) is 0 Å². The lowest BCUT2D eigenvalue weighted by molar-refractivity contribution is -0.289. The summed E-state index contributed by atoms with van der Waals surface area (Å²) in [5, 5.41) is 1.01. The van der Waals surface area contributed by atoms with E-state index in [1.165, 1.54) is 0 Å². The monoisotopic (exact) mass is 596 g/mol. The van der Waals surface area contributed by atoms with E-state index in [0.29, 0.717) is 79.7 Å². The Morgan fingerprint density at radius 1 is 0.452 bits per heavy atom. The number of alkyl halides is 10. The van der Waals surface area contributed by atoms with E-state index in [-0.39, 0.29) is 0 Å². The summed E-state index contributed by atoms with van der Waals surface area (Å²) in [6.07, 6.45) is -11.5. The Labute approximate surface area is 231 Å². The smallest absolute Gasteiger partial charge is 0.251 e. The number of nitrogens with zero attached hydrogens (tertiary/aromatic N) is 2. The summed E-state index contributed by atoms with van der Waals surface area (Å²) in [5.74, 6) is -10.1. The van der Waals surface area contributed by atoms with Gasteiger partial charge in [-0.2, -0.15) is 43.9 Å². The fraction of sp³-hybridized carbons (Fsp3) is 0.200. The van der Waals surface area contributed by atoms with Crippen LogP contribution in [-0.4, -0.2) is 22.3 Å². The molecule has 0 aliphatic rings. The zero-order chi connectivity index (χ0) is 30.8. The summed E-state index contributed by atoms with van der Waals surface area (Å²) in [6, 6.07) is 14.0. The molecule has 12 heteroatoms. The van der Waals surface area contributed by atoms with Crippen LogP contribution in [0.15, 0.2) is 72.8 Å². The SMILES string of the molecule is Cc1cc(-c2ccc(C(F)(F)C(F)(F)F)cc2)c2ccc3c(-c4ccc(C(F)(F)C(F)(F)F)cc4)cc(C)nc3c2n1. The zero-order valence-corrected chi connectivity index (χ0v) is 21.6. The van der Waals surface area contributed by atoms with Gasteiger partial charge in [0.25, 0.3) is 0 Å². The average molecular weight is 596 g/mol. The number of pyridine rings is 2. The molecule has 3 aromatic carbocycles. The van der Waals surface area contributed by atoms with Gasteiger partial charge in [0.2, 0.25) is 0 Å². The van der Waals surface area contributed by atoms with Gasteiger partial charge in [-0.25, -0.2) is 0 Å². The van der Waals surface area contributed by atoms with Crippen molar-refractivity contribution in [3.8, 4) is 22.3 Å². The second kappa shape index (κ2) is 9.67. The molecule has 5 rings (SSSR count). The van der Waals surface area contributed by atoms with Gasteiger partial charge in [0, 0.05) is 33.3 Å². The molecule has 5 aromatic rings. The molecule has 0 amide bonds. The molecule has 0 N–H and O–H groups in total. The van der Waals surface area contributed by atoms with Crippen molar-refractivity contribution < 1.29 is 43.9 Å². The normalized spacial score (nSPS) is 13.2. The highest BCUT2D eigenvalue weighted by Gasteiger charge is 2.59. The minimum absolute atomic E-state index is 0.348. The molecule has 0 radical (unpaired) electrons. The summed E-state index contributed by atoms with van der Waals surface area (Å²) < 4.78 is 132. The number of aryl methyl sites for hydroxylation is 2. The number of rotatable bonds is 4. The molecule has 0 saturated carbocycles. The Morgan fingerprint density at radius 3 is 1.05 bits per heavy atom. The summed E-state index contributed by atoms with van der Waals surface area (Å²) in [7, 11) is 0. The van der Waals surface area contributed by atoms with E-state index in [1.807, 2.05) is 0 Å². The molecule has 2 nitrogen and oxygen atoms in total. The van der Waals surface area contributed by atoms with Crippen LogP contribution in [0.1, 0.15) is 22.5 Å². The van der Waals surface area contributed by atoms with E-state index < -0.39 is 35.3 Å². The van der Waals surface area contributed by atoms with E-state index in [1.54, 1.807) is 38.1 Å². The first-order valence-electron chi connectivity index (χ1n) is 12.2. The molecule has 0 spiro atoms. The van der Waals surface area contributed by atoms with Gasteiger partial charge >= 0.3 is 24.2 Å². The Morgan fingerprint density at radius 2 is 0.762 bits per heavy atom. The lowest BCUT2D eigenvalue weighted by Gasteiger charge is -2.20. The van der Waals surface area contributed by atoms with Crippen LogP contribution in [0.4, 0.5) is 43.9 Å². The van der Waals surface area contributed by atoms with Crippen molar-refractivity contribution in [3.05, 3.63) is 95.3 Å². The van der Waals surface area contributed by atoms with E-state index in [0.717, 1.165) is 24.3 Å². The maximum atomic E-state index is 13.8. The van der Waals surface area contributed by atoms with Crippen molar-refractivity contribution in [2.24, 2.45) is 0 Å². The molecule has 0 unspecified atom stereocenters. The van der Waals surface area contributed by atoms with Crippen LogP contribution in [0.2, 0.25) is 0 Å². The Bertz CT molecular complexity index is 1670. The molecule has 0 fully saturated rings. The van der Waals surface area contributed by atoms with Gasteiger partial charge in [0.15, 0.2) is 0 Å².